The first-order valence-corrected chi connectivity index (χ1v) is 8.42. The van der Waals surface area contributed by atoms with Gasteiger partial charge >= 0.3 is 0 Å². The first kappa shape index (κ1) is 14.2. The fourth-order valence-electron chi connectivity index (χ4n) is 5.12. The molecule has 2 nitrogen and oxygen atoms in total. The second-order valence-corrected chi connectivity index (χ2v) is 7.92. The van der Waals surface area contributed by atoms with Gasteiger partial charge in [-0.1, -0.05) is 45.1 Å². The van der Waals surface area contributed by atoms with Crippen LogP contribution in [0.15, 0.2) is 47.1 Å². The number of carbonyl (C=O) groups excluding carboxylic acids is 1. The van der Waals surface area contributed by atoms with E-state index in [1.807, 2.05) is 6.08 Å². The molecule has 0 saturated heterocycles. The average molecular weight is 296 g/mol. The van der Waals surface area contributed by atoms with Crippen molar-refractivity contribution in [2.45, 2.75) is 46.1 Å². The highest BCUT2D eigenvalue weighted by Crippen LogP contribution is 2.59. The normalized spacial score (nSPS) is 46.3. The molecule has 0 spiro atoms. The Balaban J connectivity index is 1.88. The number of aliphatic hydroxyl groups excluding tert-OH is 1. The zero-order valence-corrected chi connectivity index (χ0v) is 13.6. The van der Waals surface area contributed by atoms with Crippen molar-refractivity contribution in [1.82, 2.24) is 0 Å². The van der Waals surface area contributed by atoms with Crippen molar-refractivity contribution in [3.63, 3.8) is 0 Å². The summed E-state index contributed by atoms with van der Waals surface area (Å²) in [5, 5.41) is 10.4. The van der Waals surface area contributed by atoms with Gasteiger partial charge in [-0.2, -0.15) is 0 Å². The summed E-state index contributed by atoms with van der Waals surface area (Å²) in [6, 6.07) is 0. The van der Waals surface area contributed by atoms with Gasteiger partial charge in [0.05, 0.1) is 6.10 Å². The van der Waals surface area contributed by atoms with Crippen LogP contribution >= 0.6 is 0 Å². The molecule has 0 aromatic rings. The summed E-state index contributed by atoms with van der Waals surface area (Å²) < 4.78 is 0. The van der Waals surface area contributed by atoms with Gasteiger partial charge in [0.15, 0.2) is 5.78 Å². The molecule has 0 aromatic carbocycles. The van der Waals surface area contributed by atoms with Crippen LogP contribution in [0.1, 0.15) is 40.0 Å². The summed E-state index contributed by atoms with van der Waals surface area (Å²) in [6.45, 7) is 6.66. The Labute approximate surface area is 132 Å². The molecule has 4 rings (SSSR count). The van der Waals surface area contributed by atoms with Crippen molar-refractivity contribution in [1.29, 1.82) is 0 Å². The number of allylic oxidation sites excluding steroid dienone is 7. The maximum Gasteiger partial charge on any atom is 0.156 e. The standard InChI is InChI=1S/C20H24O2/c1-12-10-14(21)11-13-4-5-15-16-6-7-18(22)19(16,2)9-8-17(15)20(12,13)3/h4-5,8-9,11-12,16,18,22H,6-7,10H2,1-3H3/t12-,16?,18-,19-,20-/m0/s1. The molecule has 4 aliphatic rings. The van der Waals surface area contributed by atoms with Crippen LogP contribution in [0.5, 0.6) is 0 Å². The number of hydrogen-bond acceptors (Lipinski definition) is 2. The first-order chi connectivity index (χ1) is 10.4. The number of ketones is 1. The fraction of sp³-hybridized carbons (Fsp3) is 0.550. The van der Waals surface area contributed by atoms with Crippen LogP contribution in [-0.4, -0.2) is 17.0 Å². The third kappa shape index (κ3) is 1.57. The Hall–Kier alpha value is -1.41. The van der Waals surface area contributed by atoms with Gasteiger partial charge in [-0.05, 0) is 47.5 Å². The molecule has 0 radical (unpaired) electrons. The molecule has 22 heavy (non-hydrogen) atoms. The van der Waals surface area contributed by atoms with E-state index in [0.29, 0.717) is 18.3 Å². The largest absolute Gasteiger partial charge is 0.392 e. The maximum atomic E-state index is 11.9. The maximum absolute atomic E-state index is 11.9. The summed E-state index contributed by atoms with van der Waals surface area (Å²) in [6.07, 6.45) is 13.0. The molecule has 1 fully saturated rings. The Morgan fingerprint density at radius 1 is 1.18 bits per heavy atom. The summed E-state index contributed by atoms with van der Waals surface area (Å²) >= 11 is 0. The van der Waals surface area contributed by atoms with Crippen LogP contribution < -0.4 is 0 Å². The van der Waals surface area contributed by atoms with Gasteiger partial charge in [0.25, 0.3) is 0 Å². The van der Waals surface area contributed by atoms with E-state index in [1.165, 1.54) is 11.1 Å². The fourth-order valence-corrected chi connectivity index (χ4v) is 5.12. The third-order valence-electron chi connectivity index (χ3n) is 6.90. The number of fused-ring (bicyclic) bond motifs is 4. The lowest BCUT2D eigenvalue weighted by molar-refractivity contribution is -0.116. The Kier molecular flexibility index (Phi) is 2.79. The Bertz CT molecular complexity index is 678. The van der Waals surface area contributed by atoms with E-state index in [-0.39, 0.29) is 22.7 Å². The van der Waals surface area contributed by atoms with Crippen LogP contribution in [0, 0.1) is 22.7 Å². The van der Waals surface area contributed by atoms with E-state index in [9.17, 15) is 9.90 Å². The summed E-state index contributed by atoms with van der Waals surface area (Å²) in [5.41, 5.74) is 3.72. The van der Waals surface area contributed by atoms with Crippen LogP contribution in [-0.2, 0) is 4.79 Å². The molecule has 0 aliphatic heterocycles. The van der Waals surface area contributed by atoms with E-state index >= 15 is 0 Å². The van der Waals surface area contributed by atoms with E-state index in [1.54, 1.807) is 0 Å². The molecular weight excluding hydrogens is 272 g/mol. The molecule has 116 valence electrons. The second-order valence-electron chi connectivity index (χ2n) is 7.92. The minimum absolute atomic E-state index is 0.0661. The molecule has 0 amide bonds. The first-order valence-electron chi connectivity index (χ1n) is 8.42. The van der Waals surface area contributed by atoms with E-state index in [0.717, 1.165) is 18.4 Å². The van der Waals surface area contributed by atoms with Crippen molar-refractivity contribution >= 4 is 5.78 Å². The minimum atomic E-state index is -0.244. The number of aliphatic hydroxyl groups is 1. The highest BCUT2D eigenvalue weighted by molar-refractivity contribution is 5.93. The van der Waals surface area contributed by atoms with Crippen molar-refractivity contribution in [3.05, 3.63) is 47.1 Å². The average Bonchev–Trinajstić information content (AvgIpc) is 2.77. The number of hydrogen-bond donors (Lipinski definition) is 1. The lowest BCUT2D eigenvalue weighted by atomic mass is 9.56. The topological polar surface area (TPSA) is 37.3 Å². The van der Waals surface area contributed by atoms with E-state index < -0.39 is 0 Å². The Morgan fingerprint density at radius 3 is 2.73 bits per heavy atom. The van der Waals surface area contributed by atoms with E-state index in [4.69, 9.17) is 0 Å². The molecule has 0 heterocycles. The van der Waals surface area contributed by atoms with Crippen LogP contribution in [0.2, 0.25) is 0 Å². The van der Waals surface area contributed by atoms with Gasteiger partial charge in [0.1, 0.15) is 0 Å². The zero-order chi connectivity index (χ0) is 15.7. The lowest BCUT2D eigenvalue weighted by Crippen LogP contribution is -2.41. The van der Waals surface area contributed by atoms with Gasteiger partial charge in [0, 0.05) is 17.3 Å². The van der Waals surface area contributed by atoms with Gasteiger partial charge < -0.3 is 5.11 Å². The molecule has 5 atom stereocenters. The predicted octanol–water partition coefficient (Wildman–Crippen LogP) is 3.74. The highest BCUT2D eigenvalue weighted by Gasteiger charge is 2.52. The summed E-state index contributed by atoms with van der Waals surface area (Å²) in [5.74, 6) is 0.965. The molecular formula is C20H24O2. The van der Waals surface area contributed by atoms with Gasteiger partial charge in [0.2, 0.25) is 0 Å². The van der Waals surface area contributed by atoms with Gasteiger partial charge in [-0.3, -0.25) is 4.79 Å². The summed E-state index contributed by atoms with van der Waals surface area (Å²) in [4.78, 5) is 11.9. The van der Waals surface area contributed by atoms with Crippen molar-refractivity contribution in [2.75, 3.05) is 0 Å². The molecule has 1 N–H and O–H groups in total. The van der Waals surface area contributed by atoms with E-state index in [2.05, 4.69) is 45.1 Å². The van der Waals surface area contributed by atoms with Crippen molar-refractivity contribution < 1.29 is 9.90 Å². The molecule has 4 aliphatic carbocycles. The smallest absolute Gasteiger partial charge is 0.156 e. The molecule has 0 aromatic heterocycles. The molecule has 1 saturated carbocycles. The van der Waals surface area contributed by atoms with Gasteiger partial charge in [-0.25, -0.2) is 0 Å². The molecule has 0 bridgehead atoms. The van der Waals surface area contributed by atoms with Crippen LogP contribution in [0.4, 0.5) is 0 Å². The summed E-state index contributed by atoms with van der Waals surface area (Å²) in [7, 11) is 0. The zero-order valence-electron chi connectivity index (χ0n) is 13.6. The van der Waals surface area contributed by atoms with Crippen LogP contribution in [0.3, 0.4) is 0 Å². The van der Waals surface area contributed by atoms with Crippen LogP contribution in [0.25, 0.3) is 0 Å². The quantitative estimate of drug-likeness (QED) is 0.739. The molecule has 1 unspecified atom stereocenters. The molecule has 2 heteroatoms. The monoisotopic (exact) mass is 296 g/mol. The number of carbonyl (C=O) groups is 1. The second kappa shape index (κ2) is 4.32. The van der Waals surface area contributed by atoms with Crippen molar-refractivity contribution in [3.8, 4) is 0 Å². The highest BCUT2D eigenvalue weighted by atomic mass is 16.3. The lowest BCUT2D eigenvalue weighted by Gasteiger charge is -2.48. The third-order valence-corrected chi connectivity index (χ3v) is 6.90. The van der Waals surface area contributed by atoms with Crippen molar-refractivity contribution in [2.24, 2.45) is 22.7 Å². The SMILES string of the molecule is C[C@H]1CC(=O)C=C2C=CC3=C(C=C[C@@]4(C)C3CC[C@@H]4O)[C@]21C. The predicted molar refractivity (Wildman–Crippen MR) is 87.1 cm³/mol. The number of rotatable bonds is 0. The van der Waals surface area contributed by atoms with Gasteiger partial charge in [-0.15, -0.1) is 0 Å². The Morgan fingerprint density at radius 2 is 1.95 bits per heavy atom. The minimum Gasteiger partial charge on any atom is -0.392 e.